The third-order valence-electron chi connectivity index (χ3n) is 3.81. The summed E-state index contributed by atoms with van der Waals surface area (Å²) in [5.74, 6) is 0.828. The number of carbonyl (C=O) groups excluding carboxylic acids is 1. The summed E-state index contributed by atoms with van der Waals surface area (Å²) in [6.45, 7) is 0. The minimum atomic E-state index is 0.0282. The minimum Gasteiger partial charge on any atom is -0.310 e. The maximum atomic E-state index is 12.1. The number of carbonyl (C=O) groups is 1. The molecule has 1 atom stereocenters. The predicted octanol–water partition coefficient (Wildman–Crippen LogP) is 4.17. The molecule has 1 aliphatic rings. The highest BCUT2D eigenvalue weighted by Crippen LogP contribution is 2.38. The second kappa shape index (κ2) is 5.37. The van der Waals surface area contributed by atoms with Gasteiger partial charge in [0.2, 0.25) is 5.91 Å². The molecule has 0 saturated carbocycles. The molecule has 1 N–H and O–H groups in total. The van der Waals surface area contributed by atoms with Crippen LogP contribution in [0.5, 0.6) is 0 Å². The molecule has 0 unspecified atom stereocenters. The van der Waals surface area contributed by atoms with Crippen LogP contribution in [-0.2, 0) is 4.79 Å². The highest BCUT2D eigenvalue weighted by atomic mass is 79.9. The van der Waals surface area contributed by atoms with Crippen molar-refractivity contribution in [1.29, 1.82) is 0 Å². The average Bonchev–Trinajstić information content (AvgIpc) is 3.16. The highest BCUT2D eigenvalue weighted by Gasteiger charge is 2.31. The third-order valence-corrected chi connectivity index (χ3v) is 5.00. The monoisotopic (exact) mass is 373 g/mol. The van der Waals surface area contributed by atoms with Crippen LogP contribution in [-0.4, -0.2) is 15.5 Å². The second-order valence-electron chi connectivity index (χ2n) is 5.19. The van der Waals surface area contributed by atoms with E-state index in [1.807, 2.05) is 34.2 Å². The maximum absolute atomic E-state index is 12.1. The van der Waals surface area contributed by atoms with Gasteiger partial charge >= 0.3 is 0 Å². The van der Waals surface area contributed by atoms with Gasteiger partial charge < -0.3 is 5.32 Å². The van der Waals surface area contributed by atoms with Gasteiger partial charge in [-0.3, -0.25) is 9.36 Å². The molecule has 3 heterocycles. The SMILES string of the molecule is O=C1C[C@@H](c2ccsc2)c2ncn(-c3cccc(Br)c3)c2N1. The van der Waals surface area contributed by atoms with Crippen molar-refractivity contribution >= 4 is 39.0 Å². The lowest BCUT2D eigenvalue weighted by molar-refractivity contribution is -0.116. The van der Waals surface area contributed by atoms with Gasteiger partial charge in [0.1, 0.15) is 12.1 Å². The van der Waals surface area contributed by atoms with Gasteiger partial charge in [0.05, 0.1) is 5.69 Å². The summed E-state index contributed by atoms with van der Waals surface area (Å²) in [6.07, 6.45) is 2.22. The molecule has 1 aromatic carbocycles. The fraction of sp³-hybridized carbons (Fsp3) is 0.125. The van der Waals surface area contributed by atoms with Gasteiger partial charge in [-0.1, -0.05) is 22.0 Å². The van der Waals surface area contributed by atoms with Gasteiger partial charge in [-0.15, -0.1) is 0 Å². The van der Waals surface area contributed by atoms with Gasteiger partial charge in [-0.05, 0) is 40.6 Å². The van der Waals surface area contributed by atoms with E-state index in [2.05, 4.69) is 37.7 Å². The van der Waals surface area contributed by atoms with Crippen molar-refractivity contribution in [3.05, 3.63) is 63.1 Å². The molecular weight excluding hydrogens is 362 g/mol. The molecule has 0 aliphatic carbocycles. The van der Waals surface area contributed by atoms with Crippen molar-refractivity contribution in [3.8, 4) is 5.69 Å². The van der Waals surface area contributed by atoms with Crippen LogP contribution < -0.4 is 5.32 Å². The molecule has 4 rings (SSSR count). The van der Waals surface area contributed by atoms with E-state index in [0.717, 1.165) is 27.2 Å². The molecule has 0 spiro atoms. The first-order chi connectivity index (χ1) is 10.7. The summed E-state index contributed by atoms with van der Waals surface area (Å²) in [6, 6.07) is 10.00. The summed E-state index contributed by atoms with van der Waals surface area (Å²) in [5.41, 5.74) is 3.05. The molecule has 22 heavy (non-hydrogen) atoms. The molecule has 0 fully saturated rings. The van der Waals surface area contributed by atoms with Crippen molar-refractivity contribution in [1.82, 2.24) is 9.55 Å². The van der Waals surface area contributed by atoms with E-state index in [-0.39, 0.29) is 11.8 Å². The Hall–Kier alpha value is -1.92. The summed E-state index contributed by atoms with van der Waals surface area (Å²) < 4.78 is 2.92. The number of rotatable bonds is 2. The number of hydrogen-bond acceptors (Lipinski definition) is 3. The third kappa shape index (κ3) is 2.28. The molecule has 0 bridgehead atoms. The maximum Gasteiger partial charge on any atom is 0.226 e. The van der Waals surface area contributed by atoms with Crippen molar-refractivity contribution < 1.29 is 4.79 Å². The normalized spacial score (nSPS) is 17.1. The Morgan fingerprint density at radius 3 is 3.05 bits per heavy atom. The average molecular weight is 374 g/mol. The van der Waals surface area contributed by atoms with E-state index in [0.29, 0.717) is 6.42 Å². The van der Waals surface area contributed by atoms with E-state index in [1.165, 1.54) is 0 Å². The summed E-state index contributed by atoms with van der Waals surface area (Å²) in [5, 5.41) is 7.09. The number of halogens is 1. The Morgan fingerprint density at radius 2 is 2.27 bits per heavy atom. The van der Waals surface area contributed by atoms with Gasteiger partial charge in [0, 0.05) is 22.5 Å². The molecule has 4 nitrogen and oxygen atoms in total. The first kappa shape index (κ1) is 13.7. The standard InChI is InChI=1S/C16H12BrN3OS/c17-11-2-1-3-12(6-11)20-9-18-15-13(10-4-5-22-8-10)7-14(21)19-16(15)20/h1-6,8-9,13H,7H2,(H,19,21)/t13-/m0/s1. The number of imidazole rings is 1. The molecule has 6 heteroatoms. The van der Waals surface area contributed by atoms with E-state index < -0.39 is 0 Å². The lowest BCUT2D eigenvalue weighted by Gasteiger charge is -2.22. The van der Waals surface area contributed by atoms with Crippen LogP contribution in [0.1, 0.15) is 23.6 Å². The fourth-order valence-electron chi connectivity index (χ4n) is 2.78. The smallest absolute Gasteiger partial charge is 0.226 e. The van der Waals surface area contributed by atoms with Crippen LogP contribution in [0.4, 0.5) is 5.82 Å². The minimum absolute atomic E-state index is 0.0282. The highest BCUT2D eigenvalue weighted by molar-refractivity contribution is 9.10. The van der Waals surface area contributed by atoms with E-state index in [1.54, 1.807) is 17.7 Å². The lowest BCUT2D eigenvalue weighted by Crippen LogP contribution is -2.24. The Labute approximate surface area is 139 Å². The fourth-order valence-corrected chi connectivity index (χ4v) is 3.88. The summed E-state index contributed by atoms with van der Waals surface area (Å²) >= 11 is 5.12. The Morgan fingerprint density at radius 1 is 1.36 bits per heavy atom. The van der Waals surface area contributed by atoms with Crippen molar-refractivity contribution in [2.75, 3.05) is 5.32 Å². The first-order valence-corrected chi connectivity index (χ1v) is 8.61. The van der Waals surface area contributed by atoms with E-state index in [4.69, 9.17) is 0 Å². The van der Waals surface area contributed by atoms with Crippen LogP contribution >= 0.6 is 27.3 Å². The second-order valence-corrected chi connectivity index (χ2v) is 6.89. The molecule has 3 aromatic rings. The molecule has 0 saturated heterocycles. The molecule has 0 radical (unpaired) electrons. The van der Waals surface area contributed by atoms with Crippen molar-refractivity contribution in [2.24, 2.45) is 0 Å². The van der Waals surface area contributed by atoms with Gasteiger partial charge in [0.25, 0.3) is 0 Å². The zero-order valence-corrected chi connectivity index (χ0v) is 13.9. The van der Waals surface area contributed by atoms with Gasteiger partial charge in [-0.2, -0.15) is 11.3 Å². The van der Waals surface area contributed by atoms with Crippen molar-refractivity contribution in [2.45, 2.75) is 12.3 Å². The predicted molar refractivity (Wildman–Crippen MR) is 90.7 cm³/mol. The Kier molecular flexibility index (Phi) is 3.35. The summed E-state index contributed by atoms with van der Waals surface area (Å²) in [7, 11) is 0. The Balaban J connectivity index is 1.84. The number of nitrogens with zero attached hydrogens (tertiary/aromatic N) is 2. The van der Waals surface area contributed by atoms with Crippen LogP contribution in [0.3, 0.4) is 0 Å². The molecule has 1 aliphatic heterocycles. The van der Waals surface area contributed by atoms with Crippen LogP contribution in [0.2, 0.25) is 0 Å². The zero-order valence-electron chi connectivity index (χ0n) is 11.5. The number of amides is 1. The van der Waals surface area contributed by atoms with Gasteiger partial charge in [0.15, 0.2) is 0 Å². The van der Waals surface area contributed by atoms with E-state index in [9.17, 15) is 4.79 Å². The lowest BCUT2D eigenvalue weighted by atomic mass is 9.92. The van der Waals surface area contributed by atoms with Crippen molar-refractivity contribution in [3.63, 3.8) is 0 Å². The number of benzene rings is 1. The number of fused-ring (bicyclic) bond motifs is 1. The quantitative estimate of drug-likeness (QED) is 0.732. The molecule has 110 valence electrons. The molecular formula is C16H12BrN3OS. The number of thiophene rings is 1. The van der Waals surface area contributed by atoms with Crippen LogP contribution in [0.25, 0.3) is 5.69 Å². The van der Waals surface area contributed by atoms with Crippen LogP contribution in [0.15, 0.2) is 51.9 Å². The number of anilines is 1. The number of hydrogen-bond donors (Lipinski definition) is 1. The molecule has 2 aromatic heterocycles. The zero-order chi connectivity index (χ0) is 15.1. The largest absolute Gasteiger partial charge is 0.310 e. The van der Waals surface area contributed by atoms with Crippen LogP contribution in [0, 0.1) is 0 Å². The molecule has 1 amide bonds. The number of aromatic nitrogens is 2. The summed E-state index contributed by atoms with van der Waals surface area (Å²) in [4.78, 5) is 16.7. The van der Waals surface area contributed by atoms with Gasteiger partial charge in [-0.25, -0.2) is 4.98 Å². The topological polar surface area (TPSA) is 46.9 Å². The van der Waals surface area contributed by atoms with E-state index >= 15 is 0 Å². The number of nitrogens with one attached hydrogen (secondary N) is 1. The first-order valence-electron chi connectivity index (χ1n) is 6.87. The Bertz CT molecular complexity index is 841.